The molecule has 0 aliphatic heterocycles. The van der Waals surface area contributed by atoms with Crippen molar-refractivity contribution in [3.05, 3.63) is 33.0 Å². The number of thiophene rings is 2. The Labute approximate surface area is 123 Å². The van der Waals surface area contributed by atoms with Gasteiger partial charge >= 0.3 is 0 Å². The van der Waals surface area contributed by atoms with Crippen LogP contribution in [0.4, 0.5) is 11.4 Å². The van der Waals surface area contributed by atoms with E-state index in [0.717, 1.165) is 22.3 Å². The number of anilines is 2. The van der Waals surface area contributed by atoms with E-state index in [1.54, 1.807) is 0 Å². The Balaban J connectivity index is 2.06. The van der Waals surface area contributed by atoms with Gasteiger partial charge in [-0.25, -0.2) is 0 Å². The van der Waals surface area contributed by atoms with Gasteiger partial charge in [0.2, 0.25) is 0 Å². The number of carbonyl (C=O) groups is 1. The molecule has 0 saturated heterocycles. The van der Waals surface area contributed by atoms with E-state index >= 15 is 0 Å². The van der Waals surface area contributed by atoms with Crippen LogP contribution >= 0.6 is 22.7 Å². The molecular weight excluding hydrogens is 292 g/mol. The summed E-state index contributed by atoms with van der Waals surface area (Å²) in [4.78, 5) is 13.5. The summed E-state index contributed by atoms with van der Waals surface area (Å²) in [7, 11) is 0. The van der Waals surface area contributed by atoms with E-state index in [2.05, 4.69) is 15.5 Å². The summed E-state index contributed by atoms with van der Waals surface area (Å²) in [6.45, 7) is 3.82. The zero-order valence-electron chi connectivity index (χ0n) is 10.9. The minimum Gasteiger partial charge on any atom is -0.397 e. The lowest BCUT2D eigenvalue weighted by Gasteiger charge is -2.02. The zero-order chi connectivity index (χ0) is 14.3. The van der Waals surface area contributed by atoms with Crippen molar-refractivity contribution >= 4 is 50.2 Å². The topological polar surface area (TPSA) is 80.9 Å². The highest BCUT2D eigenvalue weighted by Crippen LogP contribution is 2.35. The van der Waals surface area contributed by atoms with Crippen LogP contribution in [0.15, 0.2) is 16.8 Å². The van der Waals surface area contributed by atoms with Crippen molar-refractivity contribution in [1.82, 2.24) is 10.2 Å². The third kappa shape index (κ3) is 2.04. The maximum Gasteiger partial charge on any atom is 0.267 e. The van der Waals surface area contributed by atoms with E-state index in [4.69, 9.17) is 5.73 Å². The van der Waals surface area contributed by atoms with Crippen molar-refractivity contribution in [3.63, 3.8) is 0 Å². The van der Waals surface area contributed by atoms with Crippen molar-refractivity contribution in [3.8, 4) is 0 Å². The Bertz CT molecular complexity index is 792. The summed E-state index contributed by atoms with van der Waals surface area (Å²) in [5, 5.41) is 15.6. The van der Waals surface area contributed by atoms with Crippen molar-refractivity contribution in [2.45, 2.75) is 13.8 Å². The standard InChI is InChI=1S/C13H12N4OS2/c1-6-7(2)16-17-13-9(6)10(14)11(20-13)12(18)15-8-3-4-19-5-8/h3-5H,14H2,1-2H3,(H,15,18). The molecule has 20 heavy (non-hydrogen) atoms. The molecule has 0 aliphatic rings. The molecule has 7 heteroatoms. The predicted molar refractivity (Wildman–Crippen MR) is 83.6 cm³/mol. The summed E-state index contributed by atoms with van der Waals surface area (Å²) in [5.41, 5.74) is 9.17. The predicted octanol–water partition coefficient (Wildman–Crippen LogP) is 3.20. The van der Waals surface area contributed by atoms with Gasteiger partial charge in [-0.05, 0) is 30.9 Å². The van der Waals surface area contributed by atoms with Gasteiger partial charge in [-0.1, -0.05) is 0 Å². The average molecular weight is 304 g/mol. The Hall–Kier alpha value is -1.99. The first kappa shape index (κ1) is 13.0. The van der Waals surface area contributed by atoms with Crippen LogP contribution in [0.5, 0.6) is 0 Å². The molecule has 0 bridgehead atoms. The monoisotopic (exact) mass is 304 g/mol. The Morgan fingerprint density at radius 3 is 2.85 bits per heavy atom. The molecule has 0 aromatic carbocycles. The number of nitrogens with two attached hydrogens (primary N) is 1. The molecule has 0 saturated carbocycles. The first-order valence-electron chi connectivity index (χ1n) is 5.93. The zero-order valence-corrected chi connectivity index (χ0v) is 12.6. The van der Waals surface area contributed by atoms with E-state index in [9.17, 15) is 4.79 Å². The summed E-state index contributed by atoms with van der Waals surface area (Å²) in [6.07, 6.45) is 0. The number of fused-ring (bicyclic) bond motifs is 1. The number of rotatable bonds is 2. The Morgan fingerprint density at radius 2 is 2.15 bits per heavy atom. The van der Waals surface area contributed by atoms with E-state index in [1.165, 1.54) is 22.7 Å². The third-order valence-electron chi connectivity index (χ3n) is 3.12. The number of nitrogen functional groups attached to an aromatic ring is 1. The number of hydrogen-bond acceptors (Lipinski definition) is 6. The first-order chi connectivity index (χ1) is 9.58. The minimum atomic E-state index is -0.207. The second-order valence-electron chi connectivity index (χ2n) is 4.40. The summed E-state index contributed by atoms with van der Waals surface area (Å²) >= 11 is 2.79. The molecule has 0 atom stereocenters. The lowest BCUT2D eigenvalue weighted by Crippen LogP contribution is -2.11. The maximum absolute atomic E-state index is 12.3. The van der Waals surface area contributed by atoms with Crippen LogP contribution in [-0.4, -0.2) is 16.1 Å². The lowest BCUT2D eigenvalue weighted by atomic mass is 10.1. The molecule has 3 rings (SSSR count). The van der Waals surface area contributed by atoms with Crippen LogP contribution in [0, 0.1) is 13.8 Å². The van der Waals surface area contributed by atoms with Gasteiger partial charge in [-0.2, -0.15) is 16.4 Å². The smallest absolute Gasteiger partial charge is 0.267 e. The van der Waals surface area contributed by atoms with Crippen LogP contribution in [0.1, 0.15) is 20.9 Å². The highest BCUT2D eigenvalue weighted by Gasteiger charge is 2.19. The number of nitrogens with zero attached hydrogens (tertiary/aromatic N) is 2. The lowest BCUT2D eigenvalue weighted by molar-refractivity contribution is 0.103. The third-order valence-corrected chi connectivity index (χ3v) is 4.89. The van der Waals surface area contributed by atoms with Gasteiger partial charge < -0.3 is 11.1 Å². The molecule has 5 nitrogen and oxygen atoms in total. The summed E-state index contributed by atoms with van der Waals surface area (Å²) < 4.78 is 0. The number of carbonyl (C=O) groups excluding carboxylic acids is 1. The van der Waals surface area contributed by atoms with Crippen molar-refractivity contribution in [2.75, 3.05) is 11.1 Å². The molecule has 0 unspecified atom stereocenters. The number of aryl methyl sites for hydroxylation is 2. The van der Waals surface area contributed by atoms with Gasteiger partial charge in [0.1, 0.15) is 9.71 Å². The second kappa shape index (κ2) is 4.84. The van der Waals surface area contributed by atoms with Gasteiger partial charge in [-0.15, -0.1) is 16.4 Å². The second-order valence-corrected chi connectivity index (χ2v) is 6.18. The number of amides is 1. The number of hydrogen-bond donors (Lipinski definition) is 2. The van der Waals surface area contributed by atoms with E-state index in [0.29, 0.717) is 15.4 Å². The van der Waals surface area contributed by atoms with E-state index in [1.807, 2.05) is 30.7 Å². The SMILES string of the molecule is Cc1nnc2sc(C(=O)Nc3ccsc3)c(N)c2c1C. The van der Waals surface area contributed by atoms with Crippen molar-refractivity contribution < 1.29 is 4.79 Å². The molecule has 3 heterocycles. The molecule has 3 N–H and O–H groups in total. The molecular formula is C13H12N4OS2. The molecule has 102 valence electrons. The fourth-order valence-electron chi connectivity index (χ4n) is 1.93. The van der Waals surface area contributed by atoms with Crippen LogP contribution in [0.3, 0.4) is 0 Å². The Kier molecular flexibility index (Phi) is 3.15. The minimum absolute atomic E-state index is 0.207. The first-order valence-corrected chi connectivity index (χ1v) is 7.69. The highest BCUT2D eigenvalue weighted by molar-refractivity contribution is 7.21. The maximum atomic E-state index is 12.3. The molecule has 0 aliphatic carbocycles. The fraction of sp³-hybridized carbons (Fsp3) is 0.154. The van der Waals surface area contributed by atoms with Crippen LogP contribution in [0.2, 0.25) is 0 Å². The van der Waals surface area contributed by atoms with Gasteiger partial charge in [0.15, 0.2) is 0 Å². The normalized spacial score (nSPS) is 10.9. The van der Waals surface area contributed by atoms with Crippen molar-refractivity contribution in [1.29, 1.82) is 0 Å². The summed E-state index contributed by atoms with van der Waals surface area (Å²) in [6, 6.07) is 1.85. The quantitative estimate of drug-likeness (QED) is 0.762. The molecule has 3 aromatic heterocycles. The van der Waals surface area contributed by atoms with Crippen LogP contribution < -0.4 is 11.1 Å². The van der Waals surface area contributed by atoms with Gasteiger partial charge in [0.05, 0.1) is 17.1 Å². The number of nitrogens with one attached hydrogen (secondary N) is 1. The van der Waals surface area contributed by atoms with Crippen LogP contribution in [0.25, 0.3) is 10.2 Å². The molecule has 3 aromatic rings. The molecule has 0 spiro atoms. The van der Waals surface area contributed by atoms with E-state index < -0.39 is 0 Å². The highest BCUT2D eigenvalue weighted by atomic mass is 32.1. The largest absolute Gasteiger partial charge is 0.397 e. The fourth-order valence-corrected chi connectivity index (χ4v) is 3.52. The summed E-state index contributed by atoms with van der Waals surface area (Å²) in [5.74, 6) is -0.207. The average Bonchev–Trinajstić information content (AvgIpc) is 3.02. The number of aromatic nitrogens is 2. The molecule has 1 amide bonds. The van der Waals surface area contributed by atoms with Crippen LogP contribution in [-0.2, 0) is 0 Å². The Morgan fingerprint density at radius 1 is 1.35 bits per heavy atom. The van der Waals surface area contributed by atoms with Gasteiger partial charge in [0.25, 0.3) is 5.91 Å². The van der Waals surface area contributed by atoms with Crippen molar-refractivity contribution in [2.24, 2.45) is 0 Å². The van der Waals surface area contributed by atoms with Gasteiger partial charge in [0, 0.05) is 10.8 Å². The van der Waals surface area contributed by atoms with E-state index in [-0.39, 0.29) is 5.91 Å². The molecule has 0 fully saturated rings. The molecule has 0 radical (unpaired) electrons. The van der Waals surface area contributed by atoms with Gasteiger partial charge in [-0.3, -0.25) is 4.79 Å².